The maximum absolute atomic E-state index is 12.2. The summed E-state index contributed by atoms with van der Waals surface area (Å²) in [5.74, 6) is -0.749. The summed E-state index contributed by atoms with van der Waals surface area (Å²) < 4.78 is 42.6. The highest BCUT2D eigenvalue weighted by atomic mass is 127. The fourth-order valence-electron chi connectivity index (χ4n) is 2.42. The number of anilines is 1. The van der Waals surface area contributed by atoms with Crippen LogP contribution in [-0.4, -0.2) is 59.5 Å². The molecule has 2 unspecified atom stereocenters. The first-order valence-electron chi connectivity index (χ1n) is 6.62. The number of hydrogen-bond acceptors (Lipinski definition) is 12. The molecule has 1 aliphatic heterocycles. The first kappa shape index (κ1) is 18.2. The first-order valence-corrected chi connectivity index (χ1v) is 10.1. The van der Waals surface area contributed by atoms with Crippen LogP contribution in [-0.2, 0) is 4.74 Å². The number of fused-ring (bicyclic) bond motifs is 1. The molecule has 3 heterocycles. The van der Waals surface area contributed by atoms with E-state index in [-0.39, 0.29) is 10.4 Å². The fraction of sp³-hybridized carbons (Fsp3) is 0.500. The van der Waals surface area contributed by atoms with Gasteiger partial charge in [-0.2, -0.15) is 4.98 Å². The Kier molecular flexibility index (Phi) is 4.58. The highest BCUT2D eigenvalue weighted by Gasteiger charge is 2.44. The molecule has 138 valence electrons. The van der Waals surface area contributed by atoms with E-state index < -0.39 is 68.3 Å². The van der Waals surface area contributed by atoms with E-state index in [0.29, 0.717) is 0 Å². The van der Waals surface area contributed by atoms with Gasteiger partial charge in [0.2, 0.25) is 0 Å². The van der Waals surface area contributed by atoms with E-state index in [0.717, 1.165) is 10.9 Å². The van der Waals surface area contributed by atoms with Crippen molar-refractivity contribution in [2.24, 2.45) is 0 Å². The molecule has 0 aromatic carbocycles. The Morgan fingerprint density at radius 1 is 1.36 bits per heavy atom. The number of nitrogens with two attached hydrogens (primary N) is 1. The Balaban J connectivity index is 2.08. The van der Waals surface area contributed by atoms with Gasteiger partial charge in [0, 0.05) is 7.90 Å². The van der Waals surface area contributed by atoms with Gasteiger partial charge in [-0.1, -0.05) is 0 Å². The average Bonchev–Trinajstić information content (AvgIpc) is 3.05. The molecule has 1 aliphatic rings. The predicted molar refractivity (Wildman–Crippen MR) is 65.8 cm³/mol. The van der Waals surface area contributed by atoms with Gasteiger partial charge in [-0.25, -0.2) is 15.3 Å². The van der Waals surface area contributed by atoms with Gasteiger partial charge in [-0.05, 0) is 0 Å². The number of aliphatic hydroxyl groups is 3. The summed E-state index contributed by atoms with van der Waals surface area (Å²) in [5, 5.41) is 28.9. The van der Waals surface area contributed by atoms with Crippen LogP contribution >= 0.6 is 0 Å². The van der Waals surface area contributed by atoms with Crippen molar-refractivity contribution in [3.8, 4) is 0 Å². The molecule has 0 bridgehead atoms. The summed E-state index contributed by atoms with van der Waals surface area (Å²) in [5.41, 5.74) is 3.65. The molecule has 2 aromatic heterocycles. The zero-order chi connectivity index (χ0) is 18.5. The zero-order valence-electron chi connectivity index (χ0n) is 12.1. The van der Waals surface area contributed by atoms with Crippen LogP contribution in [0.1, 0.15) is 6.23 Å². The second kappa shape index (κ2) is 6.29. The lowest BCUT2D eigenvalue weighted by atomic mass is 10.1. The first-order chi connectivity index (χ1) is 11.6. The van der Waals surface area contributed by atoms with E-state index in [4.69, 9.17) is 15.6 Å². The van der Waals surface area contributed by atoms with Crippen LogP contribution in [0.25, 0.3) is 11.2 Å². The minimum absolute atomic E-state index is 0.000617. The zero-order valence-corrected chi connectivity index (χ0v) is 14.3. The molecule has 1 fully saturated rings. The lowest BCUT2D eigenvalue weighted by Crippen LogP contribution is -4.25. The number of nitrogens with zero attached hydrogens (tertiary/aromatic N) is 4. The SMILES string of the molecule is Nc1nc2c(ncn2[C@@H]2O[C@H](CO)C(O)C2O)c(=O)n1O[I+3]([O-])([O-])[O-]. The number of halogens is 1. The van der Waals surface area contributed by atoms with Gasteiger partial charge in [-0.15, -0.1) is 0 Å². The quantitative estimate of drug-likeness (QED) is 0.304. The van der Waals surface area contributed by atoms with Crippen molar-refractivity contribution in [1.82, 2.24) is 19.3 Å². The van der Waals surface area contributed by atoms with E-state index in [9.17, 15) is 25.3 Å². The van der Waals surface area contributed by atoms with Crippen molar-refractivity contribution in [3.05, 3.63) is 16.7 Å². The average molecular weight is 473 g/mol. The van der Waals surface area contributed by atoms with Crippen LogP contribution in [0.3, 0.4) is 0 Å². The van der Waals surface area contributed by atoms with Crippen LogP contribution < -0.4 is 44.9 Å². The van der Waals surface area contributed by atoms with Crippen molar-refractivity contribution >= 4 is 17.1 Å². The molecule has 2 aromatic rings. The van der Waals surface area contributed by atoms with Crippen LogP contribution in [0.4, 0.5) is 5.95 Å². The number of ether oxygens (including phenoxy) is 1. The second-order valence-electron chi connectivity index (χ2n) is 5.07. The number of nitrogen functional groups attached to an aromatic ring is 1. The summed E-state index contributed by atoms with van der Waals surface area (Å²) in [7, 11) is 0. The third-order valence-corrected chi connectivity index (χ3v) is 4.40. The minimum Gasteiger partial charge on any atom is -0.394 e. The molecule has 1 saturated heterocycles. The predicted octanol–water partition coefficient (Wildman–Crippen LogP) is -9.88. The van der Waals surface area contributed by atoms with Gasteiger partial charge >= 0.3 is 25.7 Å². The number of hydrogen-bond donors (Lipinski definition) is 4. The molecule has 0 spiro atoms. The van der Waals surface area contributed by atoms with Gasteiger partial charge in [-0.3, -0.25) is 9.36 Å². The van der Waals surface area contributed by atoms with Crippen LogP contribution in [0, 0.1) is 0 Å². The maximum atomic E-state index is 12.2. The topological polar surface area (TPSA) is 227 Å². The Bertz CT molecular complexity index is 848. The Morgan fingerprint density at radius 2 is 2.04 bits per heavy atom. The molecular formula is C10H12IN5O9. The monoisotopic (exact) mass is 473 g/mol. The highest BCUT2D eigenvalue weighted by molar-refractivity contribution is 5.70. The fourth-order valence-corrected chi connectivity index (χ4v) is 3.28. The van der Waals surface area contributed by atoms with E-state index in [1.165, 1.54) is 0 Å². The van der Waals surface area contributed by atoms with Crippen molar-refractivity contribution in [3.63, 3.8) is 0 Å². The normalized spacial score (nSPS) is 27.1. The van der Waals surface area contributed by atoms with E-state index in [2.05, 4.69) is 13.1 Å². The maximum Gasteiger partial charge on any atom is 0.474 e. The largest absolute Gasteiger partial charge is 0.474 e. The number of aromatic nitrogens is 4. The molecule has 0 radical (unpaired) electrons. The van der Waals surface area contributed by atoms with E-state index in [1.54, 1.807) is 0 Å². The Morgan fingerprint density at radius 3 is 2.60 bits per heavy atom. The number of imidazole rings is 1. The van der Waals surface area contributed by atoms with Gasteiger partial charge in [0.05, 0.1) is 12.9 Å². The number of rotatable bonds is 4. The Labute approximate surface area is 144 Å². The molecular weight excluding hydrogens is 461 g/mol. The van der Waals surface area contributed by atoms with Gasteiger partial charge < -0.3 is 25.8 Å². The molecule has 15 heteroatoms. The van der Waals surface area contributed by atoms with Gasteiger partial charge in [0.1, 0.15) is 18.3 Å². The Hall–Kier alpha value is -1.60. The molecule has 0 amide bonds. The summed E-state index contributed by atoms with van der Waals surface area (Å²) in [6, 6.07) is 0. The molecule has 4 atom stereocenters. The second-order valence-corrected chi connectivity index (χ2v) is 7.62. The van der Waals surface area contributed by atoms with Gasteiger partial charge in [0.15, 0.2) is 17.4 Å². The number of aliphatic hydroxyl groups excluding tert-OH is 3. The molecule has 0 saturated carbocycles. The summed E-state index contributed by atoms with van der Waals surface area (Å²) in [6.45, 7) is -0.567. The third kappa shape index (κ3) is 3.15. The van der Waals surface area contributed by atoms with Crippen molar-refractivity contribution in [2.45, 2.75) is 24.5 Å². The lowest BCUT2D eigenvalue weighted by Gasteiger charge is -2.16. The summed E-state index contributed by atoms with van der Waals surface area (Å²) in [4.78, 5) is 19.6. The summed E-state index contributed by atoms with van der Waals surface area (Å²) in [6.07, 6.45) is -4.15. The standard InChI is InChI=1S/C10H12IN5O9/c12-10-14-7-4(8(20)16(10)25-11(21,22)23)13-2-15(7)9-6(19)5(18)3(1-17)24-9/h2-3,5-6,9,17-19H,1H2,(H2,12,14)/t3-,5?,6?,9-/m1/s1. The van der Waals surface area contributed by atoms with Crippen LogP contribution in [0.2, 0.25) is 0 Å². The highest BCUT2D eigenvalue weighted by Crippen LogP contribution is 2.30. The van der Waals surface area contributed by atoms with E-state index >= 15 is 0 Å². The van der Waals surface area contributed by atoms with E-state index in [1.807, 2.05) is 0 Å². The third-order valence-electron chi connectivity index (χ3n) is 3.53. The van der Waals surface area contributed by atoms with Crippen LogP contribution in [0.5, 0.6) is 0 Å². The lowest BCUT2D eigenvalue weighted by molar-refractivity contribution is -1.92. The molecule has 5 N–H and O–H groups in total. The van der Waals surface area contributed by atoms with Crippen LogP contribution in [0.15, 0.2) is 11.1 Å². The molecule has 0 aliphatic carbocycles. The minimum atomic E-state index is -6.29. The van der Waals surface area contributed by atoms with Crippen molar-refractivity contribution < 1.29 is 53.6 Å². The smallest absolute Gasteiger partial charge is 0.394 e. The van der Waals surface area contributed by atoms with Crippen molar-refractivity contribution in [2.75, 3.05) is 12.3 Å². The molecule has 3 rings (SSSR count). The summed E-state index contributed by atoms with van der Waals surface area (Å²) >= 11 is -6.29. The molecule has 25 heavy (non-hydrogen) atoms. The molecule has 14 nitrogen and oxygen atoms in total. The van der Waals surface area contributed by atoms with Gasteiger partial charge in [0.25, 0.3) is 5.95 Å². The van der Waals surface area contributed by atoms with Crippen molar-refractivity contribution in [1.29, 1.82) is 0 Å².